The molecule has 268 valence electrons. The van der Waals surface area contributed by atoms with Crippen LogP contribution in [0.25, 0.3) is 82.8 Å². The molecule has 0 saturated carbocycles. The highest BCUT2D eigenvalue weighted by Gasteiger charge is 2.19. The van der Waals surface area contributed by atoms with Gasteiger partial charge in [-0.05, 0) is 82.9 Å². The Kier molecular flexibility index (Phi) is 7.82. The topological polar surface area (TPSA) is 21.3 Å². The van der Waals surface area contributed by atoms with Crippen molar-refractivity contribution < 1.29 is 4.42 Å². The van der Waals surface area contributed by atoms with E-state index in [-0.39, 0.29) is 0 Å². The summed E-state index contributed by atoms with van der Waals surface area (Å²) in [6, 6.07) is 78.0. The summed E-state index contributed by atoms with van der Waals surface area (Å²) in [5.74, 6) is 0. The van der Waals surface area contributed by atoms with E-state index in [1.165, 1.54) is 27.4 Å². The highest BCUT2D eigenvalue weighted by Crippen LogP contribution is 2.43. The number of fused-ring (bicyclic) bond motifs is 6. The van der Waals surface area contributed by atoms with Gasteiger partial charge in [0.15, 0.2) is 0 Å². The minimum Gasteiger partial charge on any atom is -0.455 e. The summed E-state index contributed by atoms with van der Waals surface area (Å²) in [5, 5.41) is 4.78. The van der Waals surface area contributed by atoms with Crippen molar-refractivity contribution >= 4 is 60.8 Å². The van der Waals surface area contributed by atoms with Crippen LogP contribution in [0.5, 0.6) is 0 Å². The van der Waals surface area contributed by atoms with Gasteiger partial charge >= 0.3 is 0 Å². The van der Waals surface area contributed by atoms with E-state index in [0.717, 1.165) is 72.5 Å². The molecule has 0 amide bonds. The summed E-state index contributed by atoms with van der Waals surface area (Å²) in [6.45, 7) is 0. The first-order valence-corrected chi connectivity index (χ1v) is 19.4. The number of aromatic nitrogens is 1. The SMILES string of the molecule is c1ccc(N(c2ccc(-c3ccccc3-c3cccc4c3oc3ccccc34)cc2)c2cccc(-c3ccccc3-n3c4ccccc4c4ccccc43)c2)cc1. The van der Waals surface area contributed by atoms with Crippen molar-refractivity contribution in [3.8, 4) is 39.1 Å². The molecule has 0 aliphatic heterocycles. The predicted octanol–water partition coefficient (Wildman–Crippen LogP) is 15.2. The second-order valence-electron chi connectivity index (χ2n) is 14.5. The molecule has 0 N–H and O–H groups in total. The van der Waals surface area contributed by atoms with Gasteiger partial charge in [0.2, 0.25) is 0 Å². The van der Waals surface area contributed by atoms with Crippen molar-refractivity contribution in [2.75, 3.05) is 4.90 Å². The van der Waals surface area contributed by atoms with E-state index in [4.69, 9.17) is 4.42 Å². The summed E-state index contributed by atoms with van der Waals surface area (Å²) in [5.41, 5.74) is 15.5. The molecule has 57 heavy (non-hydrogen) atoms. The molecule has 0 fully saturated rings. The van der Waals surface area contributed by atoms with E-state index in [1.807, 2.05) is 12.1 Å². The van der Waals surface area contributed by atoms with Crippen LogP contribution in [-0.2, 0) is 0 Å². The average molecular weight is 729 g/mol. The average Bonchev–Trinajstić information content (AvgIpc) is 3.83. The molecule has 3 heteroatoms. The molecule has 11 aromatic rings. The molecule has 0 aliphatic carbocycles. The zero-order chi connectivity index (χ0) is 37.7. The lowest BCUT2D eigenvalue weighted by molar-refractivity contribution is 0.670. The zero-order valence-corrected chi connectivity index (χ0v) is 31.1. The van der Waals surface area contributed by atoms with Gasteiger partial charge in [-0.3, -0.25) is 0 Å². The fraction of sp³-hybridized carbons (Fsp3) is 0. The summed E-state index contributed by atoms with van der Waals surface area (Å²) in [4.78, 5) is 2.34. The molecule has 2 aromatic heterocycles. The van der Waals surface area contributed by atoms with Crippen molar-refractivity contribution in [1.82, 2.24) is 4.57 Å². The van der Waals surface area contributed by atoms with E-state index < -0.39 is 0 Å². The number of para-hydroxylation sites is 6. The van der Waals surface area contributed by atoms with Crippen LogP contribution in [0.2, 0.25) is 0 Å². The Hall–Kier alpha value is -7.62. The molecule has 3 nitrogen and oxygen atoms in total. The Morgan fingerprint density at radius 1 is 0.333 bits per heavy atom. The number of nitrogens with zero attached hydrogens (tertiary/aromatic N) is 2. The van der Waals surface area contributed by atoms with E-state index in [1.54, 1.807) is 0 Å². The number of rotatable bonds is 7. The van der Waals surface area contributed by atoms with Crippen molar-refractivity contribution in [1.29, 1.82) is 0 Å². The maximum absolute atomic E-state index is 6.48. The molecule has 0 radical (unpaired) electrons. The van der Waals surface area contributed by atoms with Gasteiger partial charge in [-0.2, -0.15) is 0 Å². The van der Waals surface area contributed by atoms with E-state index in [9.17, 15) is 0 Å². The molecule has 0 atom stereocenters. The molecule has 0 unspecified atom stereocenters. The number of anilines is 3. The van der Waals surface area contributed by atoms with Crippen LogP contribution < -0.4 is 4.90 Å². The van der Waals surface area contributed by atoms with Gasteiger partial charge < -0.3 is 13.9 Å². The van der Waals surface area contributed by atoms with Crippen LogP contribution >= 0.6 is 0 Å². The quantitative estimate of drug-likeness (QED) is 0.163. The Morgan fingerprint density at radius 2 is 0.877 bits per heavy atom. The molecule has 11 rings (SSSR count). The minimum absolute atomic E-state index is 0.905. The molecule has 2 heterocycles. The van der Waals surface area contributed by atoms with Gasteiger partial charge in [0.25, 0.3) is 0 Å². The van der Waals surface area contributed by atoms with Gasteiger partial charge in [-0.25, -0.2) is 0 Å². The number of hydrogen-bond acceptors (Lipinski definition) is 2. The van der Waals surface area contributed by atoms with Crippen molar-refractivity contribution in [3.05, 3.63) is 218 Å². The molecule has 0 spiro atoms. The lowest BCUT2D eigenvalue weighted by Gasteiger charge is -2.26. The van der Waals surface area contributed by atoms with E-state index >= 15 is 0 Å². The maximum Gasteiger partial charge on any atom is 0.143 e. The monoisotopic (exact) mass is 728 g/mol. The number of benzene rings is 9. The van der Waals surface area contributed by atoms with Crippen molar-refractivity contribution in [3.63, 3.8) is 0 Å². The Bertz CT molecular complexity index is 3190. The van der Waals surface area contributed by atoms with Crippen LogP contribution in [0.1, 0.15) is 0 Å². The third-order valence-electron chi connectivity index (χ3n) is 11.2. The summed E-state index contributed by atoms with van der Waals surface area (Å²) < 4.78 is 8.89. The molecular formula is C54H36N2O. The molecule has 9 aromatic carbocycles. The lowest BCUT2D eigenvalue weighted by atomic mass is 9.93. The zero-order valence-electron chi connectivity index (χ0n) is 31.1. The van der Waals surface area contributed by atoms with Crippen LogP contribution in [0.3, 0.4) is 0 Å². The Labute approximate surface area is 330 Å². The largest absolute Gasteiger partial charge is 0.455 e. The molecule has 0 aliphatic rings. The Morgan fingerprint density at radius 3 is 1.65 bits per heavy atom. The van der Waals surface area contributed by atoms with Gasteiger partial charge in [0.1, 0.15) is 11.2 Å². The smallest absolute Gasteiger partial charge is 0.143 e. The predicted molar refractivity (Wildman–Crippen MR) is 239 cm³/mol. The second-order valence-corrected chi connectivity index (χ2v) is 14.5. The van der Waals surface area contributed by atoms with Crippen LogP contribution in [0.4, 0.5) is 17.1 Å². The number of hydrogen-bond donors (Lipinski definition) is 0. The fourth-order valence-corrected chi connectivity index (χ4v) is 8.65. The first kappa shape index (κ1) is 32.8. The van der Waals surface area contributed by atoms with Crippen LogP contribution in [0, 0.1) is 0 Å². The van der Waals surface area contributed by atoms with Crippen LogP contribution in [-0.4, -0.2) is 4.57 Å². The van der Waals surface area contributed by atoms with Crippen LogP contribution in [0.15, 0.2) is 223 Å². The molecule has 0 saturated heterocycles. The third-order valence-corrected chi connectivity index (χ3v) is 11.2. The standard InChI is InChI=1S/C54H36N2O/c1-2-17-39(18-3-1)55(40-34-32-37(33-35-40)42-20-4-5-22-44(42)48-26-15-27-49-47-25-9-13-31-53(47)57-54(48)49)41-19-14-16-38(36-41)43-21-6-10-28-50(43)56-51-29-11-7-23-45(51)46-24-8-12-30-52(46)56/h1-36H. The first-order chi connectivity index (χ1) is 28.3. The fourth-order valence-electron chi connectivity index (χ4n) is 8.65. The van der Waals surface area contributed by atoms with Crippen molar-refractivity contribution in [2.45, 2.75) is 0 Å². The Balaban J connectivity index is 1.01. The van der Waals surface area contributed by atoms with E-state index in [0.29, 0.717) is 0 Å². The number of furan rings is 1. The van der Waals surface area contributed by atoms with Gasteiger partial charge in [0, 0.05) is 49.7 Å². The highest BCUT2D eigenvalue weighted by atomic mass is 16.3. The highest BCUT2D eigenvalue weighted by molar-refractivity contribution is 6.11. The van der Waals surface area contributed by atoms with E-state index in [2.05, 4.69) is 216 Å². The molecular weight excluding hydrogens is 693 g/mol. The summed E-state index contributed by atoms with van der Waals surface area (Å²) in [6.07, 6.45) is 0. The van der Waals surface area contributed by atoms with Crippen molar-refractivity contribution in [2.24, 2.45) is 0 Å². The maximum atomic E-state index is 6.48. The third kappa shape index (κ3) is 5.51. The van der Waals surface area contributed by atoms with Gasteiger partial charge in [-0.15, -0.1) is 0 Å². The van der Waals surface area contributed by atoms with Gasteiger partial charge in [-0.1, -0.05) is 158 Å². The summed E-state index contributed by atoms with van der Waals surface area (Å²) >= 11 is 0. The van der Waals surface area contributed by atoms with Gasteiger partial charge in [0.05, 0.1) is 16.7 Å². The minimum atomic E-state index is 0.905. The first-order valence-electron chi connectivity index (χ1n) is 19.4. The summed E-state index contributed by atoms with van der Waals surface area (Å²) in [7, 11) is 0. The normalized spacial score (nSPS) is 11.5. The second kappa shape index (κ2) is 13.6. The lowest BCUT2D eigenvalue weighted by Crippen LogP contribution is -2.10. The molecule has 0 bridgehead atoms.